The van der Waals surface area contributed by atoms with Crippen LogP contribution in [0.3, 0.4) is 0 Å². The molecule has 0 aliphatic carbocycles. The Morgan fingerprint density at radius 2 is 1.50 bits per heavy atom. The predicted octanol–water partition coefficient (Wildman–Crippen LogP) is -1.55. The molecule has 4 heteroatoms. The summed E-state index contributed by atoms with van der Waals surface area (Å²) in [7, 11) is 5.04. The van der Waals surface area contributed by atoms with Crippen molar-refractivity contribution in [3.8, 4) is 0 Å². The van der Waals surface area contributed by atoms with Crippen molar-refractivity contribution in [1.82, 2.24) is 0 Å². The molecule has 0 saturated carbocycles. The fourth-order valence-corrected chi connectivity index (χ4v) is 0. The van der Waals surface area contributed by atoms with Crippen LogP contribution in [0.1, 0.15) is 0 Å². The minimum Gasteiger partial charge on any atom is -0.554 e. The molecule has 0 aliphatic heterocycles. The Morgan fingerprint density at radius 3 is 1.50 bits per heavy atom. The zero-order valence-corrected chi connectivity index (χ0v) is 5.29. The molecule has 0 heterocycles. The van der Waals surface area contributed by atoms with Gasteiger partial charge in [0.2, 0.25) is 0 Å². The minimum absolute atomic E-state index is 0. The van der Waals surface area contributed by atoms with Crippen molar-refractivity contribution in [1.29, 1.82) is 0 Å². The second kappa shape index (κ2) is 4.55. The average molecular weight is 121 g/mol. The van der Waals surface area contributed by atoms with E-state index in [1.807, 2.05) is 0 Å². The SMILES string of the molecule is C[N+](C)(C)O.O=C[O-]. The third kappa shape index (κ3) is 279. The number of rotatable bonds is 0. The van der Waals surface area contributed by atoms with Gasteiger partial charge < -0.3 is 9.90 Å². The molecule has 0 spiro atoms. The van der Waals surface area contributed by atoms with Gasteiger partial charge in [0.1, 0.15) is 0 Å². The summed E-state index contributed by atoms with van der Waals surface area (Å²) in [6, 6.07) is 0. The zero-order chi connectivity index (χ0) is 7.21. The first kappa shape index (κ1) is 10.4. The quantitative estimate of drug-likeness (QED) is 0.240. The maximum atomic E-state index is 8.46. The molecular weight excluding hydrogens is 110 g/mol. The molecule has 0 bridgehead atoms. The highest BCUT2D eigenvalue weighted by molar-refractivity contribution is 5.29. The highest BCUT2D eigenvalue weighted by Gasteiger charge is 1.92. The molecule has 8 heavy (non-hydrogen) atoms. The van der Waals surface area contributed by atoms with Gasteiger partial charge in [-0.15, -0.1) is 0 Å². The van der Waals surface area contributed by atoms with Crippen molar-refractivity contribution < 1.29 is 19.8 Å². The first-order chi connectivity index (χ1) is 3.41. The predicted molar refractivity (Wildman–Crippen MR) is 25.9 cm³/mol. The molecule has 0 saturated heterocycles. The van der Waals surface area contributed by atoms with E-state index in [9.17, 15) is 0 Å². The fraction of sp³-hybridized carbons (Fsp3) is 0.750. The van der Waals surface area contributed by atoms with E-state index in [0.29, 0.717) is 0 Å². The number of hydroxylamine groups is 3. The molecule has 0 radical (unpaired) electrons. The summed E-state index contributed by atoms with van der Waals surface area (Å²) in [6.45, 7) is -0.500. The number of carbonyl (C=O) groups is 1. The van der Waals surface area contributed by atoms with Crippen molar-refractivity contribution in [2.75, 3.05) is 21.1 Å². The molecule has 0 aliphatic rings. The lowest BCUT2D eigenvalue weighted by Crippen LogP contribution is -2.28. The summed E-state index contributed by atoms with van der Waals surface area (Å²) in [6.07, 6.45) is 0. The monoisotopic (exact) mass is 121 g/mol. The van der Waals surface area contributed by atoms with Gasteiger partial charge >= 0.3 is 0 Å². The Labute approximate surface area is 48.5 Å². The third-order valence-corrected chi connectivity index (χ3v) is 0. The van der Waals surface area contributed by atoms with Crippen LogP contribution in [0.2, 0.25) is 0 Å². The van der Waals surface area contributed by atoms with Crippen molar-refractivity contribution in [3.63, 3.8) is 0 Å². The number of quaternary nitrogens is 1. The van der Waals surface area contributed by atoms with Gasteiger partial charge in [-0.3, -0.25) is 0 Å². The smallest absolute Gasteiger partial charge is 0.0979 e. The van der Waals surface area contributed by atoms with E-state index < -0.39 is 6.47 Å². The molecule has 0 fully saturated rings. The lowest BCUT2D eigenvalue weighted by atomic mass is 11.0. The highest BCUT2D eigenvalue weighted by atomic mass is 16.5. The van der Waals surface area contributed by atoms with Gasteiger partial charge in [-0.2, -0.15) is 4.65 Å². The molecule has 0 aromatic rings. The highest BCUT2D eigenvalue weighted by Crippen LogP contribution is 1.72. The summed E-state index contributed by atoms with van der Waals surface area (Å²) in [4.78, 5) is 8.25. The summed E-state index contributed by atoms with van der Waals surface area (Å²) in [5.74, 6) is 0. The molecule has 0 rings (SSSR count). The van der Waals surface area contributed by atoms with Gasteiger partial charge in [0.05, 0.1) is 21.1 Å². The summed E-state index contributed by atoms with van der Waals surface area (Å²) in [5, 5.41) is 16.7. The number of hydrogen-bond donors (Lipinski definition) is 1. The minimum atomic E-state index is -0.500. The molecule has 0 amide bonds. The third-order valence-electron chi connectivity index (χ3n) is 0. The Kier molecular flexibility index (Phi) is 5.90. The molecule has 0 aromatic heterocycles. The lowest BCUT2D eigenvalue weighted by molar-refractivity contribution is -1.06. The Morgan fingerprint density at radius 1 is 1.50 bits per heavy atom. The molecule has 0 aromatic carbocycles. The number of hydrogen-bond acceptors (Lipinski definition) is 3. The molecular formula is C4H11NO3. The van der Waals surface area contributed by atoms with E-state index in [2.05, 4.69) is 0 Å². The van der Waals surface area contributed by atoms with Crippen LogP contribution in [-0.2, 0) is 4.79 Å². The van der Waals surface area contributed by atoms with Crippen LogP contribution in [0.5, 0.6) is 0 Å². The normalized spacial score (nSPS) is 9.00. The maximum Gasteiger partial charge on any atom is 0.0979 e. The maximum absolute atomic E-state index is 8.46. The van der Waals surface area contributed by atoms with E-state index in [4.69, 9.17) is 15.1 Å². The van der Waals surface area contributed by atoms with Crippen LogP contribution in [-0.4, -0.2) is 37.5 Å². The van der Waals surface area contributed by atoms with Gasteiger partial charge in [0, 0.05) is 6.47 Å². The zero-order valence-electron chi connectivity index (χ0n) is 5.29. The molecule has 50 valence electrons. The average Bonchev–Trinajstić information content (AvgIpc) is 1.27. The van der Waals surface area contributed by atoms with Crippen LogP contribution in [0.25, 0.3) is 0 Å². The van der Waals surface area contributed by atoms with Crippen LogP contribution in [0.4, 0.5) is 0 Å². The number of nitrogens with zero attached hydrogens (tertiary/aromatic N) is 1. The van der Waals surface area contributed by atoms with Crippen LogP contribution in [0.15, 0.2) is 0 Å². The largest absolute Gasteiger partial charge is 0.554 e. The Balaban J connectivity index is 0. The summed E-state index contributed by atoms with van der Waals surface area (Å²) >= 11 is 0. The van der Waals surface area contributed by atoms with E-state index >= 15 is 0 Å². The first-order valence-corrected chi connectivity index (χ1v) is 2.01. The van der Waals surface area contributed by atoms with Gasteiger partial charge in [-0.1, -0.05) is 0 Å². The summed E-state index contributed by atoms with van der Waals surface area (Å²) in [5.41, 5.74) is 0. The van der Waals surface area contributed by atoms with Crippen molar-refractivity contribution in [3.05, 3.63) is 0 Å². The van der Waals surface area contributed by atoms with Gasteiger partial charge in [-0.05, 0) is 0 Å². The van der Waals surface area contributed by atoms with Crippen LogP contribution in [0, 0.1) is 0 Å². The van der Waals surface area contributed by atoms with E-state index in [1.54, 1.807) is 21.1 Å². The molecule has 4 nitrogen and oxygen atoms in total. The topological polar surface area (TPSA) is 60.4 Å². The second-order valence-corrected chi connectivity index (χ2v) is 2.04. The van der Waals surface area contributed by atoms with Gasteiger partial charge in [-0.25, -0.2) is 5.21 Å². The van der Waals surface area contributed by atoms with Crippen molar-refractivity contribution >= 4 is 6.47 Å². The van der Waals surface area contributed by atoms with Crippen molar-refractivity contribution in [2.24, 2.45) is 0 Å². The first-order valence-electron chi connectivity index (χ1n) is 2.01. The standard InChI is InChI=1S/C3H10NO.CH2O2/c1-4(2,3)5;2-1-3/h5H,1-3H3;1H,(H,2,3)/q+1;/p-1. The molecule has 0 atom stereocenters. The number of carbonyl (C=O) groups excluding carboxylic acids is 1. The van der Waals surface area contributed by atoms with E-state index in [0.717, 1.165) is 0 Å². The molecule has 0 unspecified atom stereocenters. The second-order valence-electron chi connectivity index (χ2n) is 2.04. The van der Waals surface area contributed by atoms with Crippen LogP contribution >= 0.6 is 0 Å². The van der Waals surface area contributed by atoms with E-state index in [1.165, 1.54) is 0 Å². The van der Waals surface area contributed by atoms with Gasteiger partial charge in [0.15, 0.2) is 0 Å². The van der Waals surface area contributed by atoms with Crippen molar-refractivity contribution in [2.45, 2.75) is 0 Å². The van der Waals surface area contributed by atoms with E-state index in [-0.39, 0.29) is 4.65 Å². The van der Waals surface area contributed by atoms with Gasteiger partial charge in [0.25, 0.3) is 0 Å². The Hall–Kier alpha value is -0.610. The van der Waals surface area contributed by atoms with Crippen LogP contribution < -0.4 is 5.11 Å². The summed E-state index contributed by atoms with van der Waals surface area (Å²) < 4.78 is 0. The lowest BCUT2D eigenvalue weighted by Gasteiger charge is -2.09. The number of carboxylic acid groups (broad SMARTS) is 1. The fourth-order valence-electron chi connectivity index (χ4n) is 0. The molecule has 1 N–H and O–H groups in total. The Bertz CT molecular complexity index is 50.8.